The van der Waals surface area contributed by atoms with Crippen LogP contribution in [0.4, 0.5) is 11.4 Å². The van der Waals surface area contributed by atoms with Crippen molar-refractivity contribution >= 4 is 46.0 Å². The van der Waals surface area contributed by atoms with Crippen LogP contribution in [0.3, 0.4) is 0 Å². The molecule has 1 aliphatic rings. The predicted molar refractivity (Wildman–Crippen MR) is 130 cm³/mol. The van der Waals surface area contributed by atoms with Crippen LogP contribution in [-0.4, -0.2) is 23.0 Å². The van der Waals surface area contributed by atoms with Gasteiger partial charge in [0.2, 0.25) is 11.4 Å². The van der Waals surface area contributed by atoms with Crippen molar-refractivity contribution in [1.29, 1.82) is 0 Å². The van der Waals surface area contributed by atoms with E-state index in [4.69, 9.17) is 28.2 Å². The van der Waals surface area contributed by atoms with Crippen molar-refractivity contribution in [3.8, 4) is 0 Å². The molecule has 0 radical (unpaired) electrons. The zero-order valence-corrected chi connectivity index (χ0v) is 18.4. The van der Waals surface area contributed by atoms with E-state index in [-0.39, 0.29) is 0 Å². The minimum absolute atomic E-state index is 0.675. The molecule has 4 aromatic carbocycles. The minimum Gasteiger partial charge on any atom is -0.247 e. The average Bonchev–Trinajstić information content (AvgIpc) is 2.79. The number of rotatable bonds is 2. The summed E-state index contributed by atoms with van der Waals surface area (Å²) in [4.78, 5) is 5.15. The van der Waals surface area contributed by atoms with Gasteiger partial charge in [0.25, 0.3) is 0 Å². The normalized spacial score (nSPS) is 13.1. The molecule has 31 heavy (non-hydrogen) atoms. The second-order valence-electron chi connectivity index (χ2n) is 7.42. The molecular formula is C27H19Cl2N2+. The van der Waals surface area contributed by atoms with Gasteiger partial charge in [-0.25, -0.2) is 4.99 Å². The van der Waals surface area contributed by atoms with Crippen LogP contribution in [0.25, 0.3) is 0 Å². The summed E-state index contributed by atoms with van der Waals surface area (Å²) in [5.74, 6) is 0. The predicted octanol–water partition coefficient (Wildman–Crippen LogP) is 7.29. The highest BCUT2D eigenvalue weighted by Gasteiger charge is 2.28. The Morgan fingerprint density at radius 3 is 1.90 bits per heavy atom. The van der Waals surface area contributed by atoms with Gasteiger partial charge >= 0.3 is 0 Å². The van der Waals surface area contributed by atoms with E-state index < -0.39 is 0 Å². The number of hydrogen-bond donors (Lipinski definition) is 0. The molecule has 0 amide bonds. The Morgan fingerprint density at radius 1 is 0.645 bits per heavy atom. The molecule has 0 aliphatic carbocycles. The first-order valence-corrected chi connectivity index (χ1v) is 10.8. The van der Waals surface area contributed by atoms with E-state index in [2.05, 4.69) is 42.0 Å². The molecule has 0 atom stereocenters. The summed E-state index contributed by atoms with van der Waals surface area (Å²) in [5, 5.41) is 1.35. The third-order valence-corrected chi connectivity index (χ3v) is 5.92. The fraction of sp³-hybridized carbons (Fsp3) is 0.0370. The highest BCUT2D eigenvalue weighted by atomic mass is 35.5. The lowest BCUT2D eigenvalue weighted by Gasteiger charge is -2.18. The Morgan fingerprint density at radius 2 is 1.23 bits per heavy atom. The third kappa shape index (κ3) is 3.69. The second kappa shape index (κ2) is 8.14. The largest absolute Gasteiger partial charge is 0.247 e. The van der Waals surface area contributed by atoms with Crippen molar-refractivity contribution in [2.75, 3.05) is 7.05 Å². The molecule has 4 aromatic rings. The van der Waals surface area contributed by atoms with Gasteiger partial charge in [0, 0.05) is 27.2 Å². The molecule has 0 bridgehead atoms. The van der Waals surface area contributed by atoms with Crippen molar-refractivity contribution in [3.05, 3.63) is 129 Å². The van der Waals surface area contributed by atoms with Crippen LogP contribution in [0.15, 0.2) is 102 Å². The number of halogens is 2. The monoisotopic (exact) mass is 441 g/mol. The van der Waals surface area contributed by atoms with Gasteiger partial charge in [-0.15, -0.1) is 0 Å². The summed E-state index contributed by atoms with van der Waals surface area (Å²) in [6, 6.07) is 32.3. The van der Waals surface area contributed by atoms with Gasteiger partial charge in [-0.3, -0.25) is 0 Å². The number of benzene rings is 4. The molecule has 1 aliphatic heterocycles. The van der Waals surface area contributed by atoms with Crippen molar-refractivity contribution in [3.63, 3.8) is 0 Å². The zero-order valence-electron chi connectivity index (χ0n) is 16.9. The third-order valence-electron chi connectivity index (χ3n) is 5.45. The maximum Gasteiger partial charge on any atom is 0.222 e. The van der Waals surface area contributed by atoms with Gasteiger partial charge in [0.15, 0.2) is 0 Å². The fourth-order valence-electron chi connectivity index (χ4n) is 4.03. The lowest BCUT2D eigenvalue weighted by Crippen LogP contribution is -2.21. The van der Waals surface area contributed by atoms with Gasteiger partial charge in [0.1, 0.15) is 7.05 Å². The van der Waals surface area contributed by atoms with E-state index in [1.165, 1.54) is 0 Å². The van der Waals surface area contributed by atoms with Gasteiger partial charge in [-0.1, -0.05) is 71.7 Å². The van der Waals surface area contributed by atoms with Crippen LogP contribution in [0.1, 0.15) is 22.3 Å². The first-order valence-electron chi connectivity index (χ1n) is 10.0. The molecule has 2 nitrogen and oxygen atoms in total. The smallest absolute Gasteiger partial charge is 0.222 e. The first kappa shape index (κ1) is 19.7. The van der Waals surface area contributed by atoms with Crippen LogP contribution in [-0.2, 0) is 0 Å². The molecule has 150 valence electrons. The summed E-state index contributed by atoms with van der Waals surface area (Å²) in [6.07, 6.45) is 0. The Labute approximate surface area is 191 Å². The standard InChI is InChI=1S/C27H19Cl2N2/c1-31-25-15-13-21(29)17-23(25)26(18-8-4-2-5-9-18)30-24-14-12-20(28)16-22(24)27(31)19-10-6-3-7-11-19/h2-17H,1H3/q+1. The molecule has 0 fully saturated rings. The summed E-state index contributed by atoms with van der Waals surface area (Å²) < 4.78 is 2.20. The van der Waals surface area contributed by atoms with E-state index in [1.54, 1.807) is 0 Å². The van der Waals surface area contributed by atoms with Gasteiger partial charge in [-0.05, 0) is 42.5 Å². The molecule has 0 saturated heterocycles. The van der Waals surface area contributed by atoms with Crippen LogP contribution in [0, 0.1) is 0 Å². The Hall–Kier alpha value is -3.20. The molecule has 0 N–H and O–H groups in total. The van der Waals surface area contributed by atoms with E-state index in [9.17, 15) is 0 Å². The van der Waals surface area contributed by atoms with Crippen LogP contribution in [0.2, 0.25) is 10.0 Å². The molecular weight excluding hydrogens is 423 g/mol. The van der Waals surface area contributed by atoms with Crippen LogP contribution >= 0.6 is 23.2 Å². The Bertz CT molecular complexity index is 1340. The maximum absolute atomic E-state index is 6.45. The quantitative estimate of drug-likeness (QED) is 0.290. The lowest BCUT2D eigenvalue weighted by atomic mass is 9.95. The fourth-order valence-corrected chi connectivity index (χ4v) is 4.37. The molecule has 0 saturated carbocycles. The highest BCUT2D eigenvalue weighted by molar-refractivity contribution is 6.32. The first-order chi connectivity index (χ1) is 15.1. The molecule has 0 spiro atoms. The molecule has 0 aromatic heterocycles. The highest BCUT2D eigenvalue weighted by Crippen LogP contribution is 2.34. The van der Waals surface area contributed by atoms with Crippen molar-refractivity contribution < 1.29 is 4.58 Å². The molecule has 5 rings (SSSR count). The average molecular weight is 442 g/mol. The van der Waals surface area contributed by atoms with Gasteiger partial charge in [0.05, 0.1) is 22.5 Å². The topological polar surface area (TPSA) is 15.4 Å². The number of hydrogen-bond acceptors (Lipinski definition) is 1. The Balaban J connectivity index is 1.91. The molecule has 1 heterocycles. The lowest BCUT2D eigenvalue weighted by molar-refractivity contribution is -0.403. The maximum atomic E-state index is 6.45. The van der Waals surface area contributed by atoms with E-state index in [0.29, 0.717) is 10.0 Å². The van der Waals surface area contributed by atoms with E-state index >= 15 is 0 Å². The number of nitrogens with zero attached hydrogens (tertiary/aromatic N) is 2. The number of aliphatic imine (C=N–C) groups is 1. The van der Waals surface area contributed by atoms with E-state index in [0.717, 1.165) is 45.1 Å². The Kier molecular flexibility index (Phi) is 5.19. The molecule has 4 heteroatoms. The second-order valence-corrected chi connectivity index (χ2v) is 8.30. The summed E-state index contributed by atoms with van der Waals surface area (Å²) >= 11 is 12.9. The minimum atomic E-state index is 0.675. The van der Waals surface area contributed by atoms with Crippen molar-refractivity contribution in [1.82, 2.24) is 0 Å². The van der Waals surface area contributed by atoms with Crippen LogP contribution < -0.4 is 0 Å². The summed E-state index contributed by atoms with van der Waals surface area (Å²) in [5.41, 5.74) is 7.89. The van der Waals surface area contributed by atoms with E-state index in [1.807, 2.05) is 66.7 Å². The SMILES string of the molecule is C[N+]1=C(c2ccccc2)c2cc(Cl)ccc2N=C(c2ccccc2)c2cc(Cl)ccc21. The zero-order chi connectivity index (χ0) is 21.4. The van der Waals surface area contributed by atoms with Gasteiger partial charge in [-0.2, -0.15) is 4.58 Å². The molecule has 0 unspecified atom stereocenters. The van der Waals surface area contributed by atoms with Crippen molar-refractivity contribution in [2.45, 2.75) is 0 Å². The van der Waals surface area contributed by atoms with Crippen molar-refractivity contribution in [2.24, 2.45) is 4.99 Å². The van der Waals surface area contributed by atoms with Crippen LogP contribution in [0.5, 0.6) is 0 Å². The summed E-state index contributed by atoms with van der Waals surface area (Å²) in [6.45, 7) is 0. The summed E-state index contributed by atoms with van der Waals surface area (Å²) in [7, 11) is 2.08. The number of fused-ring (bicyclic) bond motifs is 2. The van der Waals surface area contributed by atoms with Gasteiger partial charge < -0.3 is 0 Å².